The van der Waals surface area contributed by atoms with Gasteiger partial charge < -0.3 is 28.8 Å². The number of halogens is 1. The summed E-state index contributed by atoms with van der Waals surface area (Å²) in [5.41, 5.74) is 2.20. The number of fused-ring (bicyclic) bond motifs is 3. The SMILES string of the molecule is COc1ccc2nc3c(c(C)nn3[C@@H]3O[C@H](OC(O)CC(=O)c4ccccc4)[C@H]4OC(=S)O[C@H]43)c(Cl)c2c1. The molecule has 0 amide bonds. The molecule has 38 heavy (non-hydrogen) atoms. The van der Waals surface area contributed by atoms with Crippen LogP contribution < -0.4 is 4.74 Å². The lowest BCUT2D eigenvalue weighted by atomic mass is 10.1. The second-order valence-corrected chi connectivity index (χ2v) is 9.64. The van der Waals surface area contributed by atoms with E-state index in [0.717, 1.165) is 5.39 Å². The molecule has 2 fully saturated rings. The van der Waals surface area contributed by atoms with E-state index in [1.165, 1.54) is 0 Å². The highest BCUT2D eigenvalue weighted by molar-refractivity contribution is 7.79. The Morgan fingerprint density at radius 2 is 1.97 bits per heavy atom. The first kappa shape index (κ1) is 25.0. The molecule has 10 nitrogen and oxygen atoms in total. The summed E-state index contributed by atoms with van der Waals surface area (Å²) in [4.78, 5) is 17.3. The van der Waals surface area contributed by atoms with Crippen LogP contribution in [0, 0.1) is 6.92 Å². The molecule has 2 aromatic carbocycles. The Kier molecular flexibility index (Phi) is 6.40. The molecule has 1 unspecified atom stereocenters. The first-order valence-electron chi connectivity index (χ1n) is 11.8. The summed E-state index contributed by atoms with van der Waals surface area (Å²) >= 11 is 11.9. The van der Waals surface area contributed by atoms with Gasteiger partial charge in [0, 0.05) is 23.2 Å². The summed E-state index contributed by atoms with van der Waals surface area (Å²) in [6.07, 6.45) is -5.21. The standard InChI is InChI=1S/C26H22ClN3O7S/c1-12-19-20(27)15-10-14(33-2)8-9-16(15)28-23(19)30(29-12)24-21-22(36-26(38)35-21)25(37-24)34-18(32)11-17(31)13-6-4-3-5-7-13/h3-10,18,21-22,24-25,32H,11H2,1-2H3/t18?,21-,22+,24-,25+/m1/s1. The fourth-order valence-corrected chi connectivity index (χ4v) is 5.35. The number of rotatable bonds is 7. The third-order valence-corrected chi connectivity index (χ3v) is 7.13. The summed E-state index contributed by atoms with van der Waals surface area (Å²) in [5.74, 6) is 0.376. The number of nitrogens with zero attached hydrogens (tertiary/aromatic N) is 3. The number of carbonyl (C=O) groups excluding carboxylic acids is 1. The van der Waals surface area contributed by atoms with Gasteiger partial charge in [-0.25, -0.2) is 9.67 Å². The average molecular weight is 556 g/mol. The third-order valence-electron chi connectivity index (χ3n) is 6.55. The van der Waals surface area contributed by atoms with Crippen LogP contribution in [0.4, 0.5) is 0 Å². The molecule has 0 saturated carbocycles. The maximum atomic E-state index is 12.5. The van der Waals surface area contributed by atoms with Crippen LogP contribution in [0.1, 0.15) is 28.7 Å². The summed E-state index contributed by atoms with van der Waals surface area (Å²) in [5, 5.41) is 17.0. The first-order valence-corrected chi connectivity index (χ1v) is 12.6. The van der Waals surface area contributed by atoms with Crippen LogP contribution in [0.5, 0.6) is 5.75 Å². The number of thiocarbonyl (C=S) groups is 1. The molecule has 5 atom stereocenters. The van der Waals surface area contributed by atoms with Gasteiger partial charge in [0.15, 0.2) is 36.2 Å². The van der Waals surface area contributed by atoms with Crippen molar-refractivity contribution in [3.63, 3.8) is 0 Å². The Labute approximate surface area is 227 Å². The molecule has 12 heteroatoms. The maximum absolute atomic E-state index is 12.5. The van der Waals surface area contributed by atoms with E-state index in [1.807, 2.05) is 13.0 Å². The van der Waals surface area contributed by atoms with E-state index in [1.54, 1.807) is 54.3 Å². The van der Waals surface area contributed by atoms with Gasteiger partial charge in [0.2, 0.25) is 6.29 Å². The van der Waals surface area contributed by atoms with Gasteiger partial charge in [-0.05, 0) is 25.1 Å². The number of carbonyl (C=O) groups is 1. The van der Waals surface area contributed by atoms with Gasteiger partial charge in [-0.1, -0.05) is 41.9 Å². The zero-order valence-electron chi connectivity index (χ0n) is 20.2. The minimum Gasteiger partial charge on any atom is -0.497 e. The Hall–Kier alpha value is -3.35. The number of Topliss-reactive ketones (excluding diaryl/α,β-unsaturated/α-hetero) is 1. The molecule has 0 spiro atoms. The highest BCUT2D eigenvalue weighted by atomic mass is 35.5. The molecule has 2 aliphatic rings. The monoisotopic (exact) mass is 555 g/mol. The van der Waals surface area contributed by atoms with Crippen LogP contribution >= 0.6 is 23.8 Å². The summed E-state index contributed by atoms with van der Waals surface area (Å²) in [6, 6.07) is 14.1. The molecule has 1 N–H and O–H groups in total. The lowest BCUT2D eigenvalue weighted by Gasteiger charge is -2.20. The predicted molar refractivity (Wildman–Crippen MR) is 140 cm³/mol. The van der Waals surface area contributed by atoms with Crippen molar-refractivity contribution >= 4 is 56.8 Å². The minimum atomic E-state index is -1.45. The molecule has 2 saturated heterocycles. The van der Waals surface area contributed by atoms with E-state index >= 15 is 0 Å². The van der Waals surface area contributed by atoms with E-state index in [0.29, 0.717) is 38.6 Å². The van der Waals surface area contributed by atoms with E-state index < -0.39 is 31.0 Å². The number of ether oxygens (including phenoxy) is 5. The number of aromatic nitrogens is 3. The predicted octanol–water partition coefficient (Wildman–Crippen LogP) is 4.09. The Bertz CT molecular complexity index is 1560. The Morgan fingerprint density at radius 3 is 2.74 bits per heavy atom. The van der Waals surface area contributed by atoms with Gasteiger partial charge >= 0.3 is 5.24 Å². The van der Waals surface area contributed by atoms with Gasteiger partial charge in [-0.3, -0.25) is 4.79 Å². The molecule has 196 valence electrons. The van der Waals surface area contributed by atoms with Gasteiger partial charge in [0.05, 0.1) is 35.2 Å². The normalized spacial score (nSPS) is 23.3. The third kappa shape index (κ3) is 4.26. The number of aliphatic hydroxyl groups is 1. The fourth-order valence-electron chi connectivity index (χ4n) is 4.76. The minimum absolute atomic E-state index is 0.0755. The largest absolute Gasteiger partial charge is 0.497 e. The number of hydrogen-bond donors (Lipinski definition) is 1. The number of aliphatic hydroxyl groups excluding tert-OH is 1. The van der Waals surface area contributed by atoms with Crippen molar-refractivity contribution in [2.24, 2.45) is 0 Å². The quantitative estimate of drug-likeness (QED) is 0.203. The summed E-state index contributed by atoms with van der Waals surface area (Å²) in [7, 11) is 1.58. The smallest absolute Gasteiger partial charge is 0.353 e. The van der Waals surface area contributed by atoms with Crippen LogP contribution in [0.3, 0.4) is 0 Å². The van der Waals surface area contributed by atoms with E-state index in [-0.39, 0.29) is 17.4 Å². The van der Waals surface area contributed by atoms with Gasteiger partial charge in [-0.15, -0.1) is 0 Å². The number of benzene rings is 2. The van der Waals surface area contributed by atoms with E-state index in [2.05, 4.69) is 5.10 Å². The molecule has 4 heterocycles. The van der Waals surface area contributed by atoms with Crippen molar-refractivity contribution in [3.8, 4) is 5.75 Å². The zero-order chi connectivity index (χ0) is 26.6. The van der Waals surface area contributed by atoms with Crippen LogP contribution in [0.25, 0.3) is 21.9 Å². The van der Waals surface area contributed by atoms with Crippen LogP contribution in [-0.4, -0.2) is 62.8 Å². The molecule has 4 aromatic rings. The summed E-state index contributed by atoms with van der Waals surface area (Å²) < 4.78 is 30.1. The molecule has 2 aliphatic heterocycles. The van der Waals surface area contributed by atoms with Crippen molar-refractivity contribution in [1.29, 1.82) is 0 Å². The molecule has 2 aromatic heterocycles. The zero-order valence-corrected chi connectivity index (χ0v) is 21.8. The van der Waals surface area contributed by atoms with Crippen molar-refractivity contribution in [2.75, 3.05) is 7.11 Å². The second kappa shape index (κ2) is 9.75. The first-order chi connectivity index (χ1) is 18.3. The van der Waals surface area contributed by atoms with Gasteiger partial charge in [0.1, 0.15) is 5.75 Å². The van der Waals surface area contributed by atoms with Crippen molar-refractivity contribution in [3.05, 3.63) is 64.8 Å². The van der Waals surface area contributed by atoms with Crippen molar-refractivity contribution in [2.45, 2.75) is 44.4 Å². The second-order valence-electron chi connectivity index (χ2n) is 8.93. The number of methoxy groups -OCH3 is 1. The van der Waals surface area contributed by atoms with E-state index in [9.17, 15) is 9.90 Å². The highest BCUT2D eigenvalue weighted by Crippen LogP contribution is 2.42. The molecule has 0 aliphatic carbocycles. The van der Waals surface area contributed by atoms with E-state index in [4.69, 9.17) is 52.5 Å². The highest BCUT2D eigenvalue weighted by Gasteiger charge is 2.56. The van der Waals surface area contributed by atoms with Gasteiger partial charge in [0.25, 0.3) is 0 Å². The Balaban J connectivity index is 1.31. The van der Waals surface area contributed by atoms with Crippen LogP contribution in [-0.2, 0) is 18.9 Å². The number of pyridine rings is 1. The molecule has 6 rings (SSSR count). The average Bonchev–Trinajstić information content (AvgIpc) is 3.56. The number of ketones is 1. The molecule has 0 radical (unpaired) electrons. The fraction of sp³-hybridized carbons (Fsp3) is 0.308. The lowest BCUT2D eigenvalue weighted by Crippen LogP contribution is -2.34. The maximum Gasteiger partial charge on any atom is 0.353 e. The lowest BCUT2D eigenvalue weighted by molar-refractivity contribution is -0.246. The topological polar surface area (TPSA) is 114 Å². The number of hydrogen-bond acceptors (Lipinski definition) is 10. The number of aryl methyl sites for hydroxylation is 1. The molecular weight excluding hydrogens is 534 g/mol. The van der Waals surface area contributed by atoms with Crippen molar-refractivity contribution < 1.29 is 33.6 Å². The van der Waals surface area contributed by atoms with Gasteiger partial charge in [-0.2, -0.15) is 5.10 Å². The summed E-state index contributed by atoms with van der Waals surface area (Å²) in [6.45, 7) is 1.81. The molecule has 0 bridgehead atoms. The Morgan fingerprint density at radius 1 is 1.21 bits per heavy atom. The molecular formula is C26H22ClN3O7S. The van der Waals surface area contributed by atoms with Crippen LogP contribution in [0.2, 0.25) is 5.02 Å². The van der Waals surface area contributed by atoms with Crippen molar-refractivity contribution in [1.82, 2.24) is 14.8 Å². The van der Waals surface area contributed by atoms with Crippen LogP contribution in [0.15, 0.2) is 48.5 Å².